The second-order valence-corrected chi connectivity index (χ2v) is 6.99. The van der Waals surface area contributed by atoms with E-state index in [9.17, 15) is 10.1 Å². The molecule has 7 nitrogen and oxygen atoms in total. The molecule has 0 radical (unpaired) electrons. The Bertz CT molecular complexity index is 1090. The van der Waals surface area contributed by atoms with E-state index in [0.29, 0.717) is 64.9 Å². The quantitative estimate of drug-likeness (QED) is 0.746. The number of ketones is 1. The molecule has 0 bridgehead atoms. The van der Waals surface area contributed by atoms with Gasteiger partial charge >= 0.3 is 0 Å². The monoisotopic (exact) mass is 406 g/mol. The van der Waals surface area contributed by atoms with Gasteiger partial charge in [0, 0.05) is 36.4 Å². The predicted octanol–water partition coefficient (Wildman–Crippen LogP) is 4.03. The summed E-state index contributed by atoms with van der Waals surface area (Å²) in [5, 5.41) is 10.1. The SMILES string of the molecule is COc1ccc([C@H]2C(C#N)=C(n3cccc3)OC3=C2C(=O)CCC3)c(OC)c1OC. The molecule has 0 saturated carbocycles. The lowest BCUT2D eigenvalue weighted by atomic mass is 9.77. The summed E-state index contributed by atoms with van der Waals surface area (Å²) in [7, 11) is 4.60. The van der Waals surface area contributed by atoms with Gasteiger partial charge in [0.15, 0.2) is 17.3 Å². The van der Waals surface area contributed by atoms with Crippen molar-refractivity contribution < 1.29 is 23.7 Å². The Morgan fingerprint density at radius 1 is 1.07 bits per heavy atom. The number of hydrogen-bond donors (Lipinski definition) is 0. The lowest BCUT2D eigenvalue weighted by Crippen LogP contribution is -2.26. The smallest absolute Gasteiger partial charge is 0.218 e. The highest BCUT2D eigenvalue weighted by Gasteiger charge is 2.41. The number of benzene rings is 1. The van der Waals surface area contributed by atoms with Gasteiger partial charge in [0.2, 0.25) is 11.6 Å². The zero-order valence-electron chi connectivity index (χ0n) is 17.1. The Morgan fingerprint density at radius 3 is 2.43 bits per heavy atom. The first kappa shape index (κ1) is 19.6. The normalized spacial score (nSPS) is 18.5. The van der Waals surface area contributed by atoms with E-state index in [0.717, 1.165) is 0 Å². The third-order valence-electron chi connectivity index (χ3n) is 5.44. The average molecular weight is 406 g/mol. The van der Waals surface area contributed by atoms with Crippen LogP contribution in [0.4, 0.5) is 0 Å². The van der Waals surface area contributed by atoms with E-state index >= 15 is 0 Å². The summed E-state index contributed by atoms with van der Waals surface area (Å²) in [5.41, 5.74) is 1.51. The van der Waals surface area contributed by atoms with Gasteiger partial charge in [-0.1, -0.05) is 6.07 Å². The van der Waals surface area contributed by atoms with Gasteiger partial charge < -0.3 is 18.9 Å². The molecule has 4 rings (SSSR count). The minimum Gasteiger partial charge on any atom is -0.493 e. The third kappa shape index (κ3) is 3.01. The van der Waals surface area contributed by atoms with Gasteiger partial charge in [-0.3, -0.25) is 9.36 Å². The van der Waals surface area contributed by atoms with Crippen LogP contribution in [-0.2, 0) is 9.53 Å². The molecule has 2 aliphatic rings. The number of Topliss-reactive ketones (excluding diaryl/α,β-unsaturated/α-hetero) is 1. The number of carbonyl (C=O) groups excluding carboxylic acids is 1. The number of ether oxygens (including phenoxy) is 4. The van der Waals surface area contributed by atoms with E-state index in [1.807, 2.05) is 30.6 Å². The predicted molar refractivity (Wildman–Crippen MR) is 109 cm³/mol. The van der Waals surface area contributed by atoms with Crippen molar-refractivity contribution in [3.05, 3.63) is 59.1 Å². The summed E-state index contributed by atoms with van der Waals surface area (Å²) >= 11 is 0. The van der Waals surface area contributed by atoms with Crippen LogP contribution in [0.1, 0.15) is 30.7 Å². The molecule has 1 atom stereocenters. The summed E-state index contributed by atoms with van der Waals surface area (Å²) in [6.45, 7) is 0. The first-order valence-electron chi connectivity index (χ1n) is 9.65. The van der Waals surface area contributed by atoms with Crippen LogP contribution >= 0.6 is 0 Å². The van der Waals surface area contributed by atoms with E-state index in [4.69, 9.17) is 18.9 Å². The minimum atomic E-state index is -0.626. The number of hydrogen-bond acceptors (Lipinski definition) is 6. The first-order chi connectivity index (χ1) is 14.6. The van der Waals surface area contributed by atoms with Crippen molar-refractivity contribution in [3.8, 4) is 23.3 Å². The average Bonchev–Trinajstić information content (AvgIpc) is 3.31. The molecule has 0 fully saturated rings. The second-order valence-electron chi connectivity index (χ2n) is 6.99. The molecule has 0 amide bonds. The largest absolute Gasteiger partial charge is 0.493 e. The zero-order chi connectivity index (χ0) is 21.3. The summed E-state index contributed by atoms with van der Waals surface area (Å²) in [4.78, 5) is 13.0. The lowest BCUT2D eigenvalue weighted by Gasteiger charge is -2.33. The molecule has 1 aromatic heterocycles. The molecule has 7 heteroatoms. The van der Waals surface area contributed by atoms with Crippen molar-refractivity contribution in [2.45, 2.75) is 25.2 Å². The van der Waals surface area contributed by atoms with Crippen molar-refractivity contribution in [2.75, 3.05) is 21.3 Å². The van der Waals surface area contributed by atoms with E-state index in [-0.39, 0.29) is 5.78 Å². The van der Waals surface area contributed by atoms with Gasteiger partial charge in [0.1, 0.15) is 17.4 Å². The van der Waals surface area contributed by atoms with Crippen LogP contribution in [0.25, 0.3) is 5.88 Å². The minimum absolute atomic E-state index is 0.0163. The fraction of sp³-hybridized carbons (Fsp3) is 0.304. The Hall–Kier alpha value is -3.66. The van der Waals surface area contributed by atoms with E-state index < -0.39 is 5.92 Å². The van der Waals surface area contributed by atoms with Crippen molar-refractivity contribution >= 4 is 11.7 Å². The Kier molecular flexibility index (Phi) is 5.23. The molecule has 1 aliphatic carbocycles. The van der Waals surface area contributed by atoms with Crippen molar-refractivity contribution in [3.63, 3.8) is 0 Å². The maximum Gasteiger partial charge on any atom is 0.218 e. The molecule has 0 N–H and O–H groups in total. The van der Waals surface area contributed by atoms with Crippen LogP contribution in [0.5, 0.6) is 17.2 Å². The summed E-state index contributed by atoms with van der Waals surface area (Å²) < 4.78 is 24.5. The number of methoxy groups -OCH3 is 3. The van der Waals surface area contributed by atoms with Crippen LogP contribution in [0, 0.1) is 11.3 Å². The number of rotatable bonds is 5. The highest BCUT2D eigenvalue weighted by atomic mass is 16.5. The summed E-state index contributed by atoms with van der Waals surface area (Å²) in [6, 6.07) is 9.56. The van der Waals surface area contributed by atoms with Gasteiger partial charge in [0.25, 0.3) is 0 Å². The fourth-order valence-electron chi connectivity index (χ4n) is 4.14. The number of aromatic nitrogens is 1. The second kappa shape index (κ2) is 7.99. The van der Waals surface area contributed by atoms with Crippen LogP contribution in [0.2, 0.25) is 0 Å². The van der Waals surface area contributed by atoms with Crippen LogP contribution in [0.15, 0.2) is 53.6 Å². The van der Waals surface area contributed by atoms with Crippen molar-refractivity contribution in [1.29, 1.82) is 5.26 Å². The number of nitrogens with zero attached hydrogens (tertiary/aromatic N) is 2. The zero-order valence-corrected chi connectivity index (χ0v) is 17.1. The third-order valence-corrected chi connectivity index (χ3v) is 5.44. The molecule has 2 aromatic rings. The molecule has 1 aromatic carbocycles. The maximum absolute atomic E-state index is 13.0. The molecule has 0 unspecified atom stereocenters. The number of carbonyl (C=O) groups is 1. The molecule has 30 heavy (non-hydrogen) atoms. The van der Waals surface area contributed by atoms with Crippen LogP contribution in [-0.4, -0.2) is 31.7 Å². The van der Waals surface area contributed by atoms with Gasteiger partial charge in [-0.2, -0.15) is 5.26 Å². The topological polar surface area (TPSA) is 82.7 Å². The highest BCUT2D eigenvalue weighted by Crippen LogP contribution is 2.51. The van der Waals surface area contributed by atoms with Crippen LogP contribution < -0.4 is 14.2 Å². The van der Waals surface area contributed by atoms with Crippen molar-refractivity contribution in [1.82, 2.24) is 4.57 Å². The van der Waals surface area contributed by atoms with E-state index in [1.165, 1.54) is 14.2 Å². The number of nitriles is 1. The van der Waals surface area contributed by atoms with E-state index in [2.05, 4.69) is 6.07 Å². The molecule has 1 aliphatic heterocycles. The Balaban J connectivity index is 2.01. The van der Waals surface area contributed by atoms with Gasteiger partial charge in [-0.05, 0) is 24.6 Å². The first-order valence-corrected chi connectivity index (χ1v) is 9.65. The maximum atomic E-state index is 13.0. The van der Waals surface area contributed by atoms with Gasteiger partial charge in [-0.25, -0.2) is 0 Å². The fourth-order valence-corrected chi connectivity index (χ4v) is 4.14. The summed E-state index contributed by atoms with van der Waals surface area (Å²) in [6.07, 6.45) is 5.40. The molecular weight excluding hydrogens is 384 g/mol. The standard InChI is InChI=1S/C23H22N2O5/c1-27-18-10-9-14(21(28-2)22(18)29-3)19-15(13-24)23(25-11-4-5-12-25)30-17-8-6-7-16(26)20(17)19/h4-5,9-12,19H,6-8H2,1-3H3/t19-/m0/s1. The Morgan fingerprint density at radius 2 is 1.80 bits per heavy atom. The molecule has 154 valence electrons. The van der Waals surface area contributed by atoms with Gasteiger partial charge in [0.05, 0.1) is 27.2 Å². The molecule has 0 spiro atoms. The van der Waals surface area contributed by atoms with E-state index in [1.54, 1.807) is 17.7 Å². The van der Waals surface area contributed by atoms with Crippen molar-refractivity contribution in [2.24, 2.45) is 0 Å². The molecular formula is C23H22N2O5. The summed E-state index contributed by atoms with van der Waals surface area (Å²) in [5.74, 6) is 1.70. The van der Waals surface area contributed by atoms with Gasteiger partial charge in [-0.15, -0.1) is 0 Å². The van der Waals surface area contributed by atoms with Crippen LogP contribution in [0.3, 0.4) is 0 Å². The highest BCUT2D eigenvalue weighted by molar-refractivity contribution is 6.00. The molecule has 0 saturated heterocycles. The molecule has 2 heterocycles. The lowest BCUT2D eigenvalue weighted by molar-refractivity contribution is -0.116. The Labute approximate surface area is 174 Å². The number of allylic oxidation sites excluding steroid dienone is 3.